The van der Waals surface area contributed by atoms with Gasteiger partial charge < -0.3 is 4.74 Å². The Morgan fingerprint density at radius 1 is 1.47 bits per heavy atom. The third-order valence-corrected chi connectivity index (χ3v) is 3.20. The average Bonchev–Trinajstić information content (AvgIpc) is 2.38. The molecule has 1 aromatic carbocycles. The van der Waals surface area contributed by atoms with Gasteiger partial charge in [0.15, 0.2) is 5.78 Å². The molecule has 4 heteroatoms. The summed E-state index contributed by atoms with van der Waals surface area (Å²) < 4.78 is 5.66. The largest absolute Gasteiger partial charge is 0.493 e. The Kier molecular flexibility index (Phi) is 6.38. The van der Waals surface area contributed by atoms with Crippen molar-refractivity contribution in [2.75, 3.05) is 6.61 Å². The highest BCUT2D eigenvalue weighted by molar-refractivity contribution is 6.34. The monoisotopic (exact) mass is 279 g/mol. The van der Waals surface area contributed by atoms with Crippen LogP contribution in [0.4, 0.5) is 0 Å². The minimum Gasteiger partial charge on any atom is -0.493 e. The third kappa shape index (κ3) is 4.25. The molecular formula is C15H18ClNO2. The lowest BCUT2D eigenvalue weighted by molar-refractivity contribution is 0.101. The number of carbonyl (C=O) groups excluding carboxylic acids is 1. The molecule has 19 heavy (non-hydrogen) atoms. The maximum absolute atomic E-state index is 11.5. The van der Waals surface area contributed by atoms with E-state index in [1.54, 1.807) is 12.1 Å². The molecule has 1 aromatic rings. The first-order valence-electron chi connectivity index (χ1n) is 6.43. The van der Waals surface area contributed by atoms with Crippen molar-refractivity contribution < 1.29 is 9.53 Å². The molecule has 102 valence electrons. The minimum absolute atomic E-state index is 0.0432. The van der Waals surface area contributed by atoms with E-state index < -0.39 is 0 Å². The summed E-state index contributed by atoms with van der Waals surface area (Å²) in [5, 5.41) is 8.97. The van der Waals surface area contributed by atoms with Gasteiger partial charge in [-0.25, -0.2) is 0 Å². The van der Waals surface area contributed by atoms with Crippen LogP contribution in [0.15, 0.2) is 12.1 Å². The fourth-order valence-corrected chi connectivity index (χ4v) is 2.21. The van der Waals surface area contributed by atoms with E-state index in [0.717, 1.165) is 24.2 Å². The quantitative estimate of drug-likeness (QED) is 0.556. The van der Waals surface area contributed by atoms with Crippen LogP contribution in [-0.2, 0) is 6.42 Å². The number of benzene rings is 1. The number of carbonyl (C=O) groups is 1. The van der Waals surface area contributed by atoms with E-state index in [9.17, 15) is 4.79 Å². The zero-order valence-electron chi connectivity index (χ0n) is 11.3. The molecule has 0 unspecified atom stereocenters. The Morgan fingerprint density at radius 2 is 2.21 bits per heavy atom. The van der Waals surface area contributed by atoms with Crippen LogP contribution < -0.4 is 4.74 Å². The second kappa shape index (κ2) is 7.81. The molecule has 0 spiro atoms. The van der Waals surface area contributed by atoms with E-state index in [4.69, 9.17) is 21.6 Å². The van der Waals surface area contributed by atoms with E-state index in [-0.39, 0.29) is 5.78 Å². The van der Waals surface area contributed by atoms with Crippen LogP contribution >= 0.6 is 11.6 Å². The minimum atomic E-state index is -0.0432. The number of hydrogen-bond donors (Lipinski definition) is 0. The molecule has 0 N–H and O–H groups in total. The Hall–Kier alpha value is -1.53. The van der Waals surface area contributed by atoms with Gasteiger partial charge >= 0.3 is 0 Å². The summed E-state index contributed by atoms with van der Waals surface area (Å²) in [5.41, 5.74) is 1.42. The number of nitriles is 1. The Morgan fingerprint density at radius 3 is 2.79 bits per heavy atom. The van der Waals surface area contributed by atoms with E-state index in [1.165, 1.54) is 6.92 Å². The molecular weight excluding hydrogens is 262 g/mol. The highest BCUT2D eigenvalue weighted by atomic mass is 35.5. The molecule has 3 nitrogen and oxygen atoms in total. The number of ketones is 1. The van der Waals surface area contributed by atoms with E-state index in [1.807, 2.05) is 0 Å². The van der Waals surface area contributed by atoms with Crippen LogP contribution in [-0.4, -0.2) is 12.4 Å². The second-order valence-corrected chi connectivity index (χ2v) is 4.70. The van der Waals surface area contributed by atoms with Gasteiger partial charge in [-0.1, -0.05) is 24.9 Å². The molecule has 0 radical (unpaired) electrons. The number of unbranched alkanes of at least 4 members (excludes halogenated alkanes) is 1. The highest BCUT2D eigenvalue weighted by Crippen LogP contribution is 2.31. The van der Waals surface area contributed by atoms with Gasteiger partial charge in [-0.3, -0.25) is 4.79 Å². The molecule has 0 atom stereocenters. The smallest absolute Gasteiger partial charge is 0.161 e. The standard InChI is InChI=1S/C15H18ClNO2/c1-3-6-13-14(19-10-5-4-9-17)8-7-12(11(2)18)15(13)16/h7-8H,3-6,10H2,1-2H3. The first kappa shape index (κ1) is 15.5. The van der Waals surface area contributed by atoms with Crippen LogP contribution in [0.5, 0.6) is 5.75 Å². The molecule has 0 bridgehead atoms. The molecule has 0 aromatic heterocycles. The van der Waals surface area contributed by atoms with E-state index in [2.05, 4.69) is 13.0 Å². The number of hydrogen-bond acceptors (Lipinski definition) is 3. The van der Waals surface area contributed by atoms with Crippen molar-refractivity contribution >= 4 is 17.4 Å². The van der Waals surface area contributed by atoms with Crippen LogP contribution in [0.3, 0.4) is 0 Å². The number of nitrogens with zero attached hydrogens (tertiary/aromatic N) is 1. The Balaban J connectivity index is 2.94. The molecule has 0 amide bonds. The number of halogens is 1. The maximum Gasteiger partial charge on any atom is 0.161 e. The number of ether oxygens (including phenoxy) is 1. The summed E-state index contributed by atoms with van der Waals surface area (Å²) in [7, 11) is 0. The van der Waals surface area contributed by atoms with E-state index in [0.29, 0.717) is 30.0 Å². The molecule has 0 aliphatic rings. The lowest BCUT2D eigenvalue weighted by Crippen LogP contribution is -2.04. The van der Waals surface area contributed by atoms with E-state index >= 15 is 0 Å². The normalized spacial score (nSPS) is 10.0. The van der Waals surface area contributed by atoms with Crippen molar-refractivity contribution in [1.82, 2.24) is 0 Å². The molecule has 0 fully saturated rings. The Labute approximate surface area is 119 Å². The topological polar surface area (TPSA) is 50.1 Å². The summed E-state index contributed by atoms with van der Waals surface area (Å²) in [4.78, 5) is 11.5. The van der Waals surface area contributed by atoms with Gasteiger partial charge in [-0.05, 0) is 31.9 Å². The lowest BCUT2D eigenvalue weighted by Gasteiger charge is -2.14. The summed E-state index contributed by atoms with van der Waals surface area (Å²) in [6, 6.07) is 5.57. The fraction of sp³-hybridized carbons (Fsp3) is 0.467. The van der Waals surface area contributed by atoms with Crippen molar-refractivity contribution in [3.63, 3.8) is 0 Å². The summed E-state index contributed by atoms with van der Waals surface area (Å²) in [5.74, 6) is 0.674. The van der Waals surface area contributed by atoms with Crippen LogP contribution in [0.1, 0.15) is 49.0 Å². The summed E-state index contributed by atoms with van der Waals surface area (Å²) in [6.45, 7) is 4.04. The molecule has 0 heterocycles. The zero-order chi connectivity index (χ0) is 14.3. The Bertz CT molecular complexity index is 492. The molecule has 0 aliphatic heterocycles. The molecule has 0 saturated heterocycles. The van der Waals surface area contributed by atoms with Crippen molar-refractivity contribution in [3.05, 3.63) is 28.3 Å². The average molecular weight is 280 g/mol. The van der Waals surface area contributed by atoms with Gasteiger partial charge in [-0.15, -0.1) is 0 Å². The van der Waals surface area contributed by atoms with Crippen LogP contribution in [0, 0.1) is 11.3 Å². The number of rotatable bonds is 7. The van der Waals surface area contributed by atoms with Crippen molar-refractivity contribution in [3.8, 4) is 11.8 Å². The van der Waals surface area contributed by atoms with Gasteiger partial charge in [-0.2, -0.15) is 5.26 Å². The molecule has 0 saturated carbocycles. The van der Waals surface area contributed by atoms with Gasteiger partial charge in [0.1, 0.15) is 5.75 Å². The summed E-state index contributed by atoms with van der Waals surface area (Å²) in [6.07, 6.45) is 2.86. The third-order valence-electron chi connectivity index (χ3n) is 2.77. The SMILES string of the molecule is CCCc1c(OCCCC#N)ccc(C(C)=O)c1Cl. The first-order chi connectivity index (χ1) is 9.11. The van der Waals surface area contributed by atoms with Crippen molar-refractivity contribution in [2.24, 2.45) is 0 Å². The van der Waals surface area contributed by atoms with Crippen LogP contribution in [0.2, 0.25) is 5.02 Å². The van der Waals surface area contributed by atoms with Gasteiger partial charge in [0.25, 0.3) is 0 Å². The van der Waals surface area contributed by atoms with Gasteiger partial charge in [0, 0.05) is 17.5 Å². The lowest BCUT2D eigenvalue weighted by atomic mass is 10.0. The second-order valence-electron chi connectivity index (χ2n) is 4.32. The molecule has 1 rings (SSSR count). The van der Waals surface area contributed by atoms with Crippen molar-refractivity contribution in [2.45, 2.75) is 39.5 Å². The van der Waals surface area contributed by atoms with Gasteiger partial charge in [0.05, 0.1) is 17.7 Å². The van der Waals surface area contributed by atoms with Crippen LogP contribution in [0.25, 0.3) is 0 Å². The van der Waals surface area contributed by atoms with Crippen molar-refractivity contribution in [1.29, 1.82) is 5.26 Å². The zero-order valence-corrected chi connectivity index (χ0v) is 12.1. The maximum atomic E-state index is 11.5. The predicted octanol–water partition coefficient (Wildman–Crippen LogP) is 4.18. The summed E-state index contributed by atoms with van der Waals surface area (Å²) >= 11 is 6.27. The number of Topliss-reactive ketones (excluding diaryl/α,β-unsaturated/α-hetero) is 1. The fourth-order valence-electron chi connectivity index (χ4n) is 1.83. The highest BCUT2D eigenvalue weighted by Gasteiger charge is 2.14. The predicted molar refractivity (Wildman–Crippen MR) is 75.8 cm³/mol. The molecule has 0 aliphatic carbocycles. The first-order valence-corrected chi connectivity index (χ1v) is 6.81. The van der Waals surface area contributed by atoms with Gasteiger partial charge in [0.2, 0.25) is 0 Å².